The van der Waals surface area contributed by atoms with Crippen LogP contribution in [0.4, 0.5) is 0 Å². The standard InChI is InChI=1S/C49H64N6O9S/c1-50-29-53-35(46(59)60)15-16-37(56)54-36(44(57)55-45(58)47(61)62)28-65-43-42-39-32(13-6-3-7-19-49(43)20-8-9-21-49)27-34(26-31-17-23-51-24-18-31)38(40(39)48(63)64-42)41-33(14-10-22-52-41)25-30-11-4-2-5-12-30/h2,4-5,10-12,14,17-18,23-24,32-33,35-36,40-41,43,45,50,52-53,58H,3,6-9,13,15-16,19-22,25-29H2,1H3,(H,54,56)(H,55,57)(H,59,60)(H,61,62)/t32-,33+,35-,36-,40+,41-,43-,45-/m0/s1. The van der Waals surface area contributed by atoms with Gasteiger partial charge < -0.3 is 41.3 Å². The molecule has 0 bridgehead atoms. The van der Waals surface area contributed by atoms with Crippen molar-refractivity contribution in [3.05, 3.63) is 101 Å². The number of allylic oxidation sites excluding steroid dienone is 1. The Balaban J connectivity index is 1.27. The number of carbonyl (C=O) groups excluding carboxylic acids is 3. The number of thioether (sulfide) groups is 1. The Hall–Kier alpha value is -4.87. The number of esters is 1. The van der Waals surface area contributed by atoms with Crippen LogP contribution in [0.15, 0.2) is 89.5 Å². The number of hydrogen-bond acceptors (Lipinski definition) is 12. The maximum atomic E-state index is 15.0. The fraction of sp³-hybridized carbons (Fsp3) is 0.551. The Morgan fingerprint density at radius 3 is 2.37 bits per heavy atom. The van der Waals surface area contributed by atoms with Crippen LogP contribution >= 0.6 is 11.8 Å². The van der Waals surface area contributed by atoms with Crippen molar-refractivity contribution in [2.24, 2.45) is 23.2 Å². The molecule has 0 radical (unpaired) electrons. The molecule has 0 unspecified atom stereocenters. The van der Waals surface area contributed by atoms with Crippen molar-refractivity contribution < 1.29 is 44.0 Å². The molecule has 16 heteroatoms. The zero-order chi connectivity index (χ0) is 45.9. The summed E-state index contributed by atoms with van der Waals surface area (Å²) < 4.78 is 6.73. The Morgan fingerprint density at radius 1 is 0.923 bits per heavy atom. The Morgan fingerprint density at radius 2 is 1.66 bits per heavy atom. The number of nitrogens with zero attached hydrogens (tertiary/aromatic N) is 1. The fourth-order valence-electron chi connectivity index (χ4n) is 10.9. The second kappa shape index (κ2) is 22.6. The van der Waals surface area contributed by atoms with E-state index in [9.17, 15) is 34.5 Å². The highest BCUT2D eigenvalue weighted by Crippen LogP contribution is 2.58. The molecule has 0 saturated heterocycles. The molecule has 3 aliphatic carbocycles. The van der Waals surface area contributed by atoms with E-state index < -0.39 is 48.0 Å². The zero-order valence-corrected chi connectivity index (χ0v) is 38.0. The van der Waals surface area contributed by atoms with Crippen molar-refractivity contribution >= 4 is 41.5 Å². The van der Waals surface area contributed by atoms with Gasteiger partial charge in [-0.25, -0.2) is 4.79 Å². The molecule has 15 nitrogen and oxygen atoms in total. The maximum absolute atomic E-state index is 15.0. The molecule has 5 aliphatic rings. The molecule has 1 aromatic heterocycles. The van der Waals surface area contributed by atoms with E-state index in [4.69, 9.17) is 4.74 Å². The minimum Gasteiger partial charge on any atom is -0.480 e. The number of carboxylic acids is 2. The highest BCUT2D eigenvalue weighted by molar-refractivity contribution is 8.00. The molecule has 65 heavy (non-hydrogen) atoms. The Kier molecular flexibility index (Phi) is 16.7. The van der Waals surface area contributed by atoms with E-state index in [-0.39, 0.29) is 59.8 Å². The molecule has 1 saturated carbocycles. The van der Waals surface area contributed by atoms with Gasteiger partial charge in [0.2, 0.25) is 18.0 Å². The summed E-state index contributed by atoms with van der Waals surface area (Å²) >= 11 is 1.44. The van der Waals surface area contributed by atoms with Crippen molar-refractivity contribution in [2.45, 2.75) is 119 Å². The van der Waals surface area contributed by atoms with Crippen LogP contribution in [0.2, 0.25) is 0 Å². The maximum Gasteiger partial charge on any atom is 0.353 e. The first-order valence-electron chi connectivity index (χ1n) is 23.2. The van der Waals surface area contributed by atoms with E-state index in [1.807, 2.05) is 30.6 Å². The van der Waals surface area contributed by atoms with Gasteiger partial charge in [0.1, 0.15) is 23.8 Å². The average Bonchev–Trinajstić information content (AvgIpc) is 3.91. The second-order valence-corrected chi connectivity index (χ2v) is 19.4. The van der Waals surface area contributed by atoms with Gasteiger partial charge in [0.25, 0.3) is 0 Å². The van der Waals surface area contributed by atoms with Gasteiger partial charge in [0.15, 0.2) is 0 Å². The Labute approximate surface area is 385 Å². The number of ether oxygens (including phenoxy) is 1. The summed E-state index contributed by atoms with van der Waals surface area (Å²) in [5, 5.41) is 43.3. The molecule has 350 valence electrons. The SMILES string of the molecule is CNCN[C@@H](CCC(=O)N[C@@H](CS[C@H]1C2=C3[C@@H](CCCCCC14CCCC4)CC(Cc1ccncc1)=C([C@H]1NCC=C[C@@H]1Cc1ccccc1)[C@H]3C(=O)O2)C(=O)N[C@@H](O)C(=O)O)C(=O)O. The minimum absolute atomic E-state index is 0.0233. The van der Waals surface area contributed by atoms with E-state index >= 15 is 4.79 Å². The topological polar surface area (TPSA) is 228 Å². The van der Waals surface area contributed by atoms with Crippen LogP contribution in [0, 0.1) is 23.2 Å². The quantitative estimate of drug-likeness (QED) is 0.0556. The van der Waals surface area contributed by atoms with Gasteiger partial charge in [0, 0.05) is 49.7 Å². The number of pyridine rings is 1. The molecule has 1 fully saturated rings. The Bertz CT molecular complexity index is 2110. The molecule has 1 spiro atoms. The number of benzene rings is 1. The minimum atomic E-state index is -2.21. The van der Waals surface area contributed by atoms with Crippen molar-refractivity contribution in [2.75, 3.05) is 26.0 Å². The van der Waals surface area contributed by atoms with Crippen molar-refractivity contribution in [3.63, 3.8) is 0 Å². The lowest BCUT2D eigenvalue weighted by atomic mass is 9.65. The lowest BCUT2D eigenvalue weighted by Crippen LogP contribution is -2.53. The predicted molar refractivity (Wildman–Crippen MR) is 246 cm³/mol. The van der Waals surface area contributed by atoms with E-state index in [0.717, 1.165) is 87.3 Å². The first-order valence-corrected chi connectivity index (χ1v) is 24.3. The summed E-state index contributed by atoms with van der Waals surface area (Å²) in [5.74, 6) is -4.44. The fourth-order valence-corrected chi connectivity index (χ4v) is 12.6. The molecular formula is C49H64N6O9S. The number of aliphatic carboxylic acids is 2. The van der Waals surface area contributed by atoms with Crippen LogP contribution in [-0.2, 0) is 41.6 Å². The van der Waals surface area contributed by atoms with Crippen molar-refractivity contribution in [1.29, 1.82) is 0 Å². The van der Waals surface area contributed by atoms with Crippen molar-refractivity contribution in [3.8, 4) is 0 Å². The molecule has 2 aliphatic heterocycles. The molecule has 7 rings (SSSR count). The van der Waals surface area contributed by atoms with Gasteiger partial charge in [-0.2, -0.15) is 0 Å². The smallest absolute Gasteiger partial charge is 0.353 e. The van der Waals surface area contributed by atoms with Crippen LogP contribution in [0.3, 0.4) is 0 Å². The lowest BCUT2D eigenvalue weighted by molar-refractivity contribution is -0.151. The number of rotatable bonds is 19. The van der Waals surface area contributed by atoms with Gasteiger partial charge in [-0.3, -0.25) is 29.5 Å². The van der Waals surface area contributed by atoms with Crippen molar-refractivity contribution in [1.82, 2.24) is 31.6 Å². The summed E-state index contributed by atoms with van der Waals surface area (Å²) in [6.07, 6.45) is 16.4. The number of carbonyl (C=O) groups is 5. The molecule has 2 amide bonds. The van der Waals surface area contributed by atoms with Gasteiger partial charge in [-0.15, -0.1) is 11.8 Å². The van der Waals surface area contributed by atoms with E-state index in [2.05, 4.69) is 68.0 Å². The van der Waals surface area contributed by atoms with Crippen LogP contribution in [0.1, 0.15) is 88.2 Å². The van der Waals surface area contributed by atoms with Gasteiger partial charge in [-0.1, -0.05) is 80.2 Å². The third-order valence-corrected chi connectivity index (χ3v) is 15.5. The van der Waals surface area contributed by atoms with Crippen LogP contribution in [0.25, 0.3) is 0 Å². The summed E-state index contributed by atoms with van der Waals surface area (Å²) in [6, 6.07) is 12.0. The number of amides is 2. The zero-order valence-electron chi connectivity index (χ0n) is 37.1. The number of aliphatic hydroxyl groups is 1. The first-order chi connectivity index (χ1) is 31.5. The number of nitrogens with one attached hydrogen (secondary N) is 5. The third-order valence-electron chi connectivity index (χ3n) is 14.0. The van der Waals surface area contributed by atoms with Crippen LogP contribution < -0.4 is 26.6 Å². The monoisotopic (exact) mass is 912 g/mol. The highest BCUT2D eigenvalue weighted by atomic mass is 32.2. The van der Waals surface area contributed by atoms with Crippen LogP contribution in [0.5, 0.6) is 0 Å². The lowest BCUT2D eigenvalue weighted by Gasteiger charge is -2.42. The summed E-state index contributed by atoms with van der Waals surface area (Å²) in [6.45, 7) is 0.863. The number of aromatic nitrogens is 1. The normalized spacial score (nSPS) is 25.3. The van der Waals surface area contributed by atoms with E-state index in [0.29, 0.717) is 18.7 Å². The number of aliphatic hydroxyl groups excluding tert-OH is 1. The van der Waals surface area contributed by atoms with E-state index in [1.165, 1.54) is 22.9 Å². The highest BCUT2D eigenvalue weighted by Gasteiger charge is 2.54. The average molecular weight is 913 g/mol. The van der Waals surface area contributed by atoms with Gasteiger partial charge in [0.05, 0.1) is 5.25 Å². The predicted octanol–water partition coefficient (Wildman–Crippen LogP) is 4.38. The number of carboxylic acid groups (broad SMARTS) is 2. The molecule has 8 atom stereocenters. The third kappa shape index (κ3) is 11.8. The van der Waals surface area contributed by atoms with Gasteiger partial charge in [-0.05, 0) is 104 Å². The molecule has 8 N–H and O–H groups in total. The largest absolute Gasteiger partial charge is 0.480 e. The molecular weight excluding hydrogens is 849 g/mol. The van der Waals surface area contributed by atoms with Gasteiger partial charge >= 0.3 is 17.9 Å². The summed E-state index contributed by atoms with van der Waals surface area (Å²) in [7, 11) is 1.66. The molecule has 3 heterocycles. The first kappa shape index (κ1) is 48.1. The van der Waals surface area contributed by atoms with E-state index in [1.54, 1.807) is 7.05 Å². The number of hydrogen-bond donors (Lipinski definition) is 8. The second-order valence-electron chi connectivity index (χ2n) is 18.2. The summed E-state index contributed by atoms with van der Waals surface area (Å²) in [4.78, 5) is 70.1. The molecule has 1 aromatic carbocycles. The van der Waals surface area contributed by atoms with Crippen LogP contribution in [-0.4, -0.2) is 106 Å². The molecule has 2 aromatic rings. The summed E-state index contributed by atoms with van der Waals surface area (Å²) in [5.41, 5.74) is 5.43.